The fourth-order valence-electron chi connectivity index (χ4n) is 3.62. The molecule has 0 radical (unpaired) electrons. The Morgan fingerprint density at radius 3 is 2.88 bits per heavy atom. The second kappa shape index (κ2) is 9.45. The second-order valence-electron chi connectivity index (χ2n) is 7.39. The number of rotatable bonds is 6. The summed E-state index contributed by atoms with van der Waals surface area (Å²) in [5, 5.41) is 11.6. The van der Waals surface area contributed by atoms with Gasteiger partial charge in [-0.05, 0) is 25.8 Å². The maximum Gasteiger partial charge on any atom is 0.317 e. The van der Waals surface area contributed by atoms with Crippen LogP contribution in [0.2, 0.25) is 0 Å². The Morgan fingerprint density at radius 2 is 2.15 bits per heavy atom. The van der Waals surface area contributed by atoms with Crippen molar-refractivity contribution in [3.63, 3.8) is 0 Å². The SMILES string of the molecule is CN(CC(=O)O)CC1CN(C(=O)NCC2CCCCC(F)(F)C2)CCO1. The number of ether oxygens (including phenoxy) is 1. The van der Waals surface area contributed by atoms with Crippen molar-refractivity contribution in [1.29, 1.82) is 0 Å². The summed E-state index contributed by atoms with van der Waals surface area (Å²) in [4.78, 5) is 26.3. The molecule has 0 aromatic heterocycles. The van der Waals surface area contributed by atoms with Crippen molar-refractivity contribution < 1.29 is 28.2 Å². The fraction of sp³-hybridized carbons (Fsp3) is 0.882. The number of amides is 2. The molecule has 0 bridgehead atoms. The van der Waals surface area contributed by atoms with Gasteiger partial charge in [-0.1, -0.05) is 6.42 Å². The molecule has 1 saturated carbocycles. The number of carboxylic acids is 1. The lowest BCUT2D eigenvalue weighted by Gasteiger charge is -2.35. The topological polar surface area (TPSA) is 82.1 Å². The van der Waals surface area contributed by atoms with Crippen LogP contribution in [0.4, 0.5) is 13.6 Å². The van der Waals surface area contributed by atoms with Gasteiger partial charge in [0.05, 0.1) is 19.3 Å². The fourth-order valence-corrected chi connectivity index (χ4v) is 3.62. The molecule has 2 rings (SSSR count). The number of hydrogen-bond donors (Lipinski definition) is 2. The van der Waals surface area contributed by atoms with E-state index in [4.69, 9.17) is 9.84 Å². The van der Waals surface area contributed by atoms with Crippen LogP contribution in [0.5, 0.6) is 0 Å². The van der Waals surface area contributed by atoms with Crippen molar-refractivity contribution in [1.82, 2.24) is 15.1 Å². The number of carbonyl (C=O) groups is 2. The van der Waals surface area contributed by atoms with Gasteiger partial charge in [-0.2, -0.15) is 0 Å². The molecule has 0 aromatic rings. The molecule has 1 saturated heterocycles. The molecule has 7 nitrogen and oxygen atoms in total. The van der Waals surface area contributed by atoms with Gasteiger partial charge in [0.15, 0.2) is 0 Å². The highest BCUT2D eigenvalue weighted by atomic mass is 19.3. The Balaban J connectivity index is 1.76. The van der Waals surface area contributed by atoms with E-state index in [1.165, 1.54) is 0 Å². The van der Waals surface area contributed by atoms with E-state index in [0.717, 1.165) is 6.42 Å². The third-order valence-corrected chi connectivity index (χ3v) is 4.88. The zero-order chi connectivity index (χ0) is 19.2. The normalized spacial score (nSPS) is 26.4. The summed E-state index contributed by atoms with van der Waals surface area (Å²) in [5.41, 5.74) is 0. The number of nitrogens with zero attached hydrogens (tertiary/aromatic N) is 2. The van der Waals surface area contributed by atoms with Crippen LogP contribution >= 0.6 is 0 Å². The van der Waals surface area contributed by atoms with Crippen LogP contribution in [0.3, 0.4) is 0 Å². The van der Waals surface area contributed by atoms with Crippen LogP contribution in [0.25, 0.3) is 0 Å². The molecule has 2 N–H and O–H groups in total. The summed E-state index contributed by atoms with van der Waals surface area (Å²) in [6.07, 6.45) is 1.52. The van der Waals surface area contributed by atoms with Crippen molar-refractivity contribution in [2.24, 2.45) is 5.92 Å². The van der Waals surface area contributed by atoms with Crippen molar-refractivity contribution in [3.05, 3.63) is 0 Å². The Morgan fingerprint density at radius 1 is 1.38 bits per heavy atom. The number of carboxylic acid groups (broad SMARTS) is 1. The van der Waals surface area contributed by atoms with Gasteiger partial charge >= 0.3 is 12.0 Å². The molecule has 9 heteroatoms. The maximum atomic E-state index is 13.7. The number of nitrogens with one attached hydrogen (secondary N) is 1. The van der Waals surface area contributed by atoms with Gasteiger partial charge in [-0.3, -0.25) is 9.69 Å². The number of carbonyl (C=O) groups excluding carboxylic acids is 1. The zero-order valence-electron chi connectivity index (χ0n) is 15.3. The molecule has 1 heterocycles. The smallest absolute Gasteiger partial charge is 0.317 e. The Bertz CT molecular complexity index is 493. The Kier molecular flexibility index (Phi) is 7.57. The van der Waals surface area contributed by atoms with Crippen LogP contribution in [-0.4, -0.2) is 85.3 Å². The first-order valence-electron chi connectivity index (χ1n) is 9.18. The average Bonchev–Trinajstić information content (AvgIpc) is 2.72. The van der Waals surface area contributed by atoms with E-state index in [0.29, 0.717) is 39.1 Å². The van der Waals surface area contributed by atoms with E-state index in [1.54, 1.807) is 16.8 Å². The first-order chi connectivity index (χ1) is 12.2. The van der Waals surface area contributed by atoms with Crippen LogP contribution < -0.4 is 5.32 Å². The van der Waals surface area contributed by atoms with E-state index in [1.807, 2.05) is 0 Å². The molecule has 2 atom stereocenters. The summed E-state index contributed by atoms with van der Waals surface area (Å²) in [5.74, 6) is -3.75. The lowest BCUT2D eigenvalue weighted by Crippen LogP contribution is -2.53. The third kappa shape index (κ3) is 7.03. The average molecular weight is 377 g/mol. The third-order valence-electron chi connectivity index (χ3n) is 4.88. The molecule has 0 spiro atoms. The lowest BCUT2D eigenvalue weighted by atomic mass is 9.99. The highest BCUT2D eigenvalue weighted by molar-refractivity contribution is 5.74. The number of likely N-dealkylation sites (N-methyl/N-ethyl adjacent to an activating group) is 1. The van der Waals surface area contributed by atoms with Crippen LogP contribution in [0.15, 0.2) is 0 Å². The van der Waals surface area contributed by atoms with Crippen molar-refractivity contribution in [3.8, 4) is 0 Å². The number of halogens is 2. The summed E-state index contributed by atoms with van der Waals surface area (Å²) in [6, 6.07) is -0.272. The predicted octanol–water partition coefficient (Wildman–Crippen LogP) is 1.63. The maximum absolute atomic E-state index is 13.7. The minimum Gasteiger partial charge on any atom is -0.480 e. The summed E-state index contributed by atoms with van der Waals surface area (Å²) >= 11 is 0. The van der Waals surface area contributed by atoms with Gasteiger partial charge in [0, 0.05) is 39.0 Å². The number of urea groups is 1. The molecule has 1 aliphatic heterocycles. The van der Waals surface area contributed by atoms with Gasteiger partial charge in [0.2, 0.25) is 5.92 Å². The van der Waals surface area contributed by atoms with E-state index >= 15 is 0 Å². The van der Waals surface area contributed by atoms with Crippen LogP contribution in [0.1, 0.15) is 32.1 Å². The number of aliphatic carboxylic acids is 1. The van der Waals surface area contributed by atoms with E-state index in [-0.39, 0.29) is 44.0 Å². The molecule has 2 amide bonds. The lowest BCUT2D eigenvalue weighted by molar-refractivity contribution is -0.138. The minimum absolute atomic E-state index is 0.0630. The van der Waals surface area contributed by atoms with E-state index < -0.39 is 11.9 Å². The zero-order valence-corrected chi connectivity index (χ0v) is 15.3. The standard InChI is InChI=1S/C17H29F2N3O4/c1-21(12-15(23)24)10-14-11-22(6-7-26-14)16(25)20-9-13-4-2-3-5-17(18,19)8-13/h13-14H,2-12H2,1H3,(H,20,25)(H,23,24). The predicted molar refractivity (Wildman–Crippen MR) is 91.4 cm³/mol. The van der Waals surface area contributed by atoms with E-state index in [9.17, 15) is 18.4 Å². The van der Waals surface area contributed by atoms with Gasteiger partial charge in [0.25, 0.3) is 0 Å². The summed E-state index contributed by atoms with van der Waals surface area (Å²) in [7, 11) is 1.68. The molecule has 1 aliphatic carbocycles. The first-order valence-corrected chi connectivity index (χ1v) is 9.18. The summed E-state index contributed by atoms with van der Waals surface area (Å²) in [6.45, 7) is 1.74. The van der Waals surface area contributed by atoms with Crippen molar-refractivity contribution >= 4 is 12.0 Å². The van der Waals surface area contributed by atoms with Gasteiger partial charge < -0.3 is 20.1 Å². The summed E-state index contributed by atoms with van der Waals surface area (Å²) < 4.78 is 32.9. The number of morpholine rings is 1. The Hall–Kier alpha value is -1.48. The van der Waals surface area contributed by atoms with Gasteiger partial charge in [-0.15, -0.1) is 0 Å². The molecular formula is C17H29F2N3O4. The molecule has 26 heavy (non-hydrogen) atoms. The molecule has 150 valence electrons. The molecule has 0 aromatic carbocycles. The minimum atomic E-state index is -2.63. The van der Waals surface area contributed by atoms with Crippen molar-refractivity contribution in [2.75, 3.05) is 46.4 Å². The number of alkyl halides is 2. The van der Waals surface area contributed by atoms with Gasteiger partial charge in [-0.25, -0.2) is 13.6 Å². The number of hydrogen-bond acceptors (Lipinski definition) is 4. The highest BCUT2D eigenvalue weighted by Crippen LogP contribution is 2.34. The molecular weight excluding hydrogens is 348 g/mol. The molecule has 2 aliphatic rings. The van der Waals surface area contributed by atoms with Gasteiger partial charge in [0.1, 0.15) is 0 Å². The molecule has 2 fully saturated rings. The van der Waals surface area contributed by atoms with E-state index in [2.05, 4.69) is 5.32 Å². The van der Waals surface area contributed by atoms with Crippen LogP contribution in [0, 0.1) is 5.92 Å². The Labute approximate surface area is 152 Å². The largest absolute Gasteiger partial charge is 0.480 e. The second-order valence-corrected chi connectivity index (χ2v) is 7.39. The first kappa shape index (κ1) is 20.8. The molecule has 2 unspecified atom stereocenters. The quantitative estimate of drug-likeness (QED) is 0.688. The van der Waals surface area contributed by atoms with Crippen LogP contribution in [-0.2, 0) is 9.53 Å². The monoisotopic (exact) mass is 377 g/mol. The van der Waals surface area contributed by atoms with Crippen molar-refractivity contribution in [2.45, 2.75) is 44.1 Å². The highest BCUT2D eigenvalue weighted by Gasteiger charge is 2.34.